The molecule has 0 radical (unpaired) electrons. The zero-order chi connectivity index (χ0) is 7.84. The van der Waals surface area contributed by atoms with E-state index in [0.29, 0.717) is 24.0 Å². The van der Waals surface area contributed by atoms with Crippen LogP contribution < -0.4 is 0 Å². The molecule has 0 aromatic rings. The van der Waals surface area contributed by atoms with Crippen molar-refractivity contribution < 1.29 is 9.47 Å². The molecule has 2 fully saturated rings. The second-order valence-corrected chi connectivity index (χ2v) is 3.90. The monoisotopic (exact) mass is 156 g/mol. The van der Waals surface area contributed by atoms with Gasteiger partial charge in [-0.15, -0.1) is 0 Å². The van der Waals surface area contributed by atoms with Crippen molar-refractivity contribution in [3.8, 4) is 0 Å². The molecule has 0 aromatic heterocycles. The van der Waals surface area contributed by atoms with E-state index in [1.807, 2.05) is 0 Å². The third kappa shape index (κ3) is 1.18. The van der Waals surface area contributed by atoms with E-state index in [9.17, 15) is 0 Å². The Morgan fingerprint density at radius 2 is 2.09 bits per heavy atom. The largest absolute Gasteiger partial charge is 0.375 e. The van der Waals surface area contributed by atoms with Crippen LogP contribution in [0.25, 0.3) is 0 Å². The molecular weight excluding hydrogens is 140 g/mol. The first-order valence-corrected chi connectivity index (χ1v) is 4.52. The maximum Gasteiger partial charge on any atom is 0.0890 e. The minimum Gasteiger partial charge on any atom is -0.375 e. The van der Waals surface area contributed by atoms with E-state index >= 15 is 0 Å². The maximum atomic E-state index is 5.63. The van der Waals surface area contributed by atoms with Gasteiger partial charge >= 0.3 is 0 Å². The van der Waals surface area contributed by atoms with Crippen LogP contribution in [-0.2, 0) is 9.47 Å². The van der Waals surface area contributed by atoms with Crippen molar-refractivity contribution in [3.63, 3.8) is 0 Å². The maximum absolute atomic E-state index is 5.63. The van der Waals surface area contributed by atoms with Crippen LogP contribution in [0.1, 0.15) is 20.3 Å². The Bertz CT molecular complexity index is 144. The molecule has 0 spiro atoms. The van der Waals surface area contributed by atoms with Crippen molar-refractivity contribution in [1.82, 2.24) is 0 Å². The van der Waals surface area contributed by atoms with Gasteiger partial charge in [-0.05, 0) is 12.3 Å². The van der Waals surface area contributed by atoms with Gasteiger partial charge in [-0.1, -0.05) is 13.8 Å². The lowest BCUT2D eigenvalue weighted by atomic mass is 9.91. The lowest BCUT2D eigenvalue weighted by Crippen LogP contribution is -2.26. The van der Waals surface area contributed by atoms with Crippen molar-refractivity contribution in [2.45, 2.75) is 32.5 Å². The molecule has 2 heterocycles. The molecule has 2 rings (SSSR count). The Morgan fingerprint density at radius 1 is 1.27 bits per heavy atom. The third-order valence-electron chi connectivity index (χ3n) is 2.86. The molecule has 0 N–H and O–H groups in total. The summed E-state index contributed by atoms with van der Waals surface area (Å²) in [5.41, 5.74) is 0. The Morgan fingerprint density at radius 3 is 2.82 bits per heavy atom. The van der Waals surface area contributed by atoms with E-state index in [0.717, 1.165) is 19.6 Å². The van der Waals surface area contributed by atoms with Gasteiger partial charge in [-0.25, -0.2) is 0 Å². The average Bonchev–Trinajstić information content (AvgIpc) is 2.41. The standard InChI is InChI=1S/C9H16O2/c1-6(2)7-5-11-8-3-4-10-9(7)8/h6-9H,3-5H2,1-2H3/t7-,8?,9?/m1/s1. The van der Waals surface area contributed by atoms with E-state index in [2.05, 4.69) is 13.8 Å². The molecule has 0 saturated carbocycles. The normalized spacial score (nSPS) is 43.4. The van der Waals surface area contributed by atoms with Crippen LogP contribution in [0.15, 0.2) is 0 Å². The van der Waals surface area contributed by atoms with Gasteiger partial charge in [0.05, 0.1) is 18.8 Å². The number of rotatable bonds is 1. The van der Waals surface area contributed by atoms with Gasteiger partial charge in [0.1, 0.15) is 0 Å². The second-order valence-electron chi connectivity index (χ2n) is 3.90. The smallest absolute Gasteiger partial charge is 0.0890 e. The number of ether oxygens (including phenoxy) is 2. The van der Waals surface area contributed by atoms with Gasteiger partial charge in [0.15, 0.2) is 0 Å². The summed E-state index contributed by atoms with van der Waals surface area (Å²) in [5, 5.41) is 0. The van der Waals surface area contributed by atoms with E-state index in [4.69, 9.17) is 9.47 Å². The molecule has 2 unspecified atom stereocenters. The van der Waals surface area contributed by atoms with Gasteiger partial charge < -0.3 is 9.47 Å². The highest BCUT2D eigenvalue weighted by Gasteiger charge is 2.42. The first-order valence-electron chi connectivity index (χ1n) is 4.52. The van der Waals surface area contributed by atoms with Crippen LogP contribution in [0, 0.1) is 11.8 Å². The predicted molar refractivity (Wildman–Crippen MR) is 42.4 cm³/mol. The summed E-state index contributed by atoms with van der Waals surface area (Å²) < 4.78 is 11.3. The summed E-state index contributed by atoms with van der Waals surface area (Å²) in [5.74, 6) is 1.34. The Kier molecular flexibility index (Phi) is 1.90. The fraction of sp³-hybridized carbons (Fsp3) is 1.00. The molecule has 2 aliphatic heterocycles. The van der Waals surface area contributed by atoms with Crippen LogP contribution in [-0.4, -0.2) is 25.4 Å². The van der Waals surface area contributed by atoms with E-state index < -0.39 is 0 Å². The molecule has 0 amide bonds. The van der Waals surface area contributed by atoms with Gasteiger partial charge in [0.25, 0.3) is 0 Å². The third-order valence-corrected chi connectivity index (χ3v) is 2.86. The molecule has 2 heteroatoms. The SMILES string of the molecule is CC(C)[C@H]1COC2CCOC21. The van der Waals surface area contributed by atoms with Crippen LogP contribution in [0.3, 0.4) is 0 Å². The van der Waals surface area contributed by atoms with E-state index in [1.54, 1.807) is 0 Å². The highest BCUT2D eigenvalue weighted by Crippen LogP contribution is 2.34. The minimum atomic E-state index is 0.412. The Balaban J connectivity index is 2.03. The molecule has 0 aromatic carbocycles. The Hall–Kier alpha value is -0.0800. The predicted octanol–water partition coefficient (Wildman–Crippen LogP) is 1.45. The quantitative estimate of drug-likeness (QED) is 0.572. The summed E-state index contributed by atoms with van der Waals surface area (Å²) in [6.07, 6.45) is 1.94. The lowest BCUT2D eigenvalue weighted by Gasteiger charge is -2.18. The molecule has 0 aliphatic carbocycles. The van der Waals surface area contributed by atoms with Crippen LogP contribution in [0.2, 0.25) is 0 Å². The number of hydrogen-bond donors (Lipinski definition) is 0. The molecule has 2 aliphatic rings. The van der Waals surface area contributed by atoms with Crippen molar-refractivity contribution in [3.05, 3.63) is 0 Å². The first-order chi connectivity index (χ1) is 5.29. The van der Waals surface area contributed by atoms with Gasteiger partial charge in [0.2, 0.25) is 0 Å². The first kappa shape index (κ1) is 7.56. The van der Waals surface area contributed by atoms with Crippen LogP contribution in [0.5, 0.6) is 0 Å². The highest BCUT2D eigenvalue weighted by atomic mass is 16.6. The van der Waals surface area contributed by atoms with Crippen molar-refractivity contribution in [1.29, 1.82) is 0 Å². The van der Waals surface area contributed by atoms with Crippen LogP contribution >= 0.6 is 0 Å². The van der Waals surface area contributed by atoms with Gasteiger partial charge in [-0.3, -0.25) is 0 Å². The van der Waals surface area contributed by atoms with E-state index in [1.165, 1.54) is 0 Å². The number of fused-ring (bicyclic) bond motifs is 1. The van der Waals surface area contributed by atoms with Gasteiger partial charge in [0, 0.05) is 12.5 Å². The van der Waals surface area contributed by atoms with Crippen molar-refractivity contribution in [2.75, 3.05) is 13.2 Å². The highest BCUT2D eigenvalue weighted by molar-refractivity contribution is 4.89. The molecule has 2 saturated heterocycles. The van der Waals surface area contributed by atoms with E-state index in [-0.39, 0.29) is 0 Å². The fourth-order valence-corrected chi connectivity index (χ4v) is 2.07. The Labute approximate surface area is 67.9 Å². The lowest BCUT2D eigenvalue weighted by molar-refractivity contribution is 0.0551. The number of hydrogen-bond acceptors (Lipinski definition) is 2. The van der Waals surface area contributed by atoms with Gasteiger partial charge in [-0.2, -0.15) is 0 Å². The molecule has 2 nitrogen and oxygen atoms in total. The van der Waals surface area contributed by atoms with Crippen molar-refractivity contribution >= 4 is 0 Å². The molecule has 0 bridgehead atoms. The summed E-state index contributed by atoms with van der Waals surface area (Å²) in [4.78, 5) is 0. The summed E-state index contributed by atoms with van der Waals surface area (Å²) in [6.45, 7) is 6.31. The molecule has 11 heavy (non-hydrogen) atoms. The summed E-state index contributed by atoms with van der Waals surface area (Å²) in [7, 11) is 0. The van der Waals surface area contributed by atoms with Crippen LogP contribution in [0.4, 0.5) is 0 Å². The summed E-state index contributed by atoms with van der Waals surface area (Å²) >= 11 is 0. The molecule has 3 atom stereocenters. The topological polar surface area (TPSA) is 18.5 Å². The molecular formula is C9H16O2. The van der Waals surface area contributed by atoms with Crippen molar-refractivity contribution in [2.24, 2.45) is 11.8 Å². The summed E-state index contributed by atoms with van der Waals surface area (Å²) in [6, 6.07) is 0. The zero-order valence-electron chi connectivity index (χ0n) is 7.25. The fourth-order valence-electron chi connectivity index (χ4n) is 2.07. The molecule has 64 valence electrons. The average molecular weight is 156 g/mol. The minimum absolute atomic E-state index is 0.412. The second kappa shape index (κ2) is 2.76. The zero-order valence-corrected chi connectivity index (χ0v) is 7.25.